The van der Waals surface area contributed by atoms with Crippen LogP contribution in [0, 0.1) is 0 Å². The number of piperidine rings is 1. The fraction of sp³-hybridized carbons (Fsp3) is 0.484. The van der Waals surface area contributed by atoms with E-state index in [0.29, 0.717) is 56.0 Å². The van der Waals surface area contributed by atoms with Crippen molar-refractivity contribution in [3.63, 3.8) is 0 Å². The highest BCUT2D eigenvalue weighted by Gasteiger charge is 2.54. The zero-order valence-corrected chi connectivity index (χ0v) is 25.5. The predicted octanol–water partition coefficient (Wildman–Crippen LogP) is 2.48. The lowest BCUT2D eigenvalue weighted by Crippen LogP contribution is -2.47. The van der Waals surface area contributed by atoms with Crippen molar-refractivity contribution >= 4 is 30.6 Å². The summed E-state index contributed by atoms with van der Waals surface area (Å²) >= 11 is 0. The normalized spacial score (nSPS) is 22.5. The molecule has 10 nitrogen and oxygen atoms in total. The molecule has 2 saturated heterocycles. The van der Waals surface area contributed by atoms with Crippen molar-refractivity contribution < 1.29 is 36.5 Å². The van der Waals surface area contributed by atoms with Crippen molar-refractivity contribution in [2.24, 2.45) is 0 Å². The van der Waals surface area contributed by atoms with Gasteiger partial charge in [-0.2, -0.15) is 4.31 Å². The minimum Gasteiger partial charge on any atom is -0.491 e. The van der Waals surface area contributed by atoms with Gasteiger partial charge in [0.2, 0.25) is 10.0 Å². The summed E-state index contributed by atoms with van der Waals surface area (Å²) in [6.07, 6.45) is 1.96. The topological polar surface area (TPSA) is 142 Å². The van der Waals surface area contributed by atoms with Gasteiger partial charge in [0, 0.05) is 25.7 Å². The van der Waals surface area contributed by atoms with Gasteiger partial charge in [0.15, 0.2) is 9.84 Å². The summed E-state index contributed by atoms with van der Waals surface area (Å²) in [7, 11) is -7.27. The maximum Gasteiger partial charge on any atom is 0.243 e. The first-order valence-corrected chi connectivity index (χ1v) is 17.6. The van der Waals surface area contributed by atoms with Crippen molar-refractivity contribution in [1.29, 1.82) is 0 Å². The largest absolute Gasteiger partial charge is 0.491 e. The van der Waals surface area contributed by atoms with Crippen LogP contribution in [0.25, 0.3) is 10.8 Å². The van der Waals surface area contributed by atoms with Crippen LogP contribution in [0.2, 0.25) is 0 Å². The summed E-state index contributed by atoms with van der Waals surface area (Å²) in [4.78, 5) is 0.407. The molecule has 3 aromatic rings. The van der Waals surface area contributed by atoms with Crippen LogP contribution in [-0.2, 0) is 24.6 Å². The first-order chi connectivity index (χ1) is 20.6. The fourth-order valence-electron chi connectivity index (χ4n) is 6.12. The molecule has 2 atom stereocenters. The molecule has 0 bridgehead atoms. The van der Waals surface area contributed by atoms with Crippen molar-refractivity contribution in [2.45, 2.75) is 64.4 Å². The monoisotopic (exact) mass is 630 g/mol. The molecule has 2 aliphatic heterocycles. The predicted molar refractivity (Wildman–Crippen MR) is 161 cm³/mol. The van der Waals surface area contributed by atoms with Crippen LogP contribution < -0.4 is 10.1 Å². The van der Waals surface area contributed by atoms with E-state index in [9.17, 15) is 27.0 Å². The number of ether oxygens (including phenoxy) is 2. The van der Waals surface area contributed by atoms with E-state index in [1.807, 2.05) is 30.3 Å². The van der Waals surface area contributed by atoms with E-state index in [0.717, 1.165) is 17.2 Å². The molecule has 1 aliphatic carbocycles. The Morgan fingerprint density at radius 2 is 1.67 bits per heavy atom. The minimum atomic E-state index is -3.66. The Hall–Kier alpha value is -2.58. The average Bonchev–Trinajstić information content (AvgIpc) is 3.75. The second-order valence-corrected chi connectivity index (χ2v) is 16.3. The summed E-state index contributed by atoms with van der Waals surface area (Å²) in [6, 6.07) is 19.1. The smallest absolute Gasteiger partial charge is 0.243 e. The lowest BCUT2D eigenvalue weighted by atomic mass is 9.88. The summed E-state index contributed by atoms with van der Waals surface area (Å²) in [5, 5.41) is 25.3. The lowest BCUT2D eigenvalue weighted by molar-refractivity contribution is -0.0312. The van der Waals surface area contributed by atoms with Gasteiger partial charge in [-0.15, -0.1) is 0 Å². The van der Waals surface area contributed by atoms with Crippen LogP contribution in [0.15, 0.2) is 76.5 Å². The fourth-order valence-corrected chi connectivity index (χ4v) is 9.44. The molecule has 3 fully saturated rings. The zero-order valence-electron chi connectivity index (χ0n) is 23.9. The number of benzene rings is 3. The van der Waals surface area contributed by atoms with Crippen LogP contribution in [-0.4, -0.2) is 93.3 Å². The summed E-state index contributed by atoms with van der Waals surface area (Å²) in [5.41, 5.74) is -0.395. The van der Waals surface area contributed by atoms with Crippen LogP contribution in [0.5, 0.6) is 5.75 Å². The number of aliphatic hydroxyl groups excluding tert-OH is 2. The molecule has 0 amide bonds. The Balaban J connectivity index is 0.971. The maximum absolute atomic E-state index is 13.4. The second kappa shape index (κ2) is 11.7. The van der Waals surface area contributed by atoms with E-state index in [2.05, 4.69) is 5.32 Å². The van der Waals surface area contributed by atoms with Gasteiger partial charge in [-0.05, 0) is 73.2 Å². The van der Waals surface area contributed by atoms with E-state index < -0.39 is 42.9 Å². The van der Waals surface area contributed by atoms with E-state index >= 15 is 0 Å². The molecule has 2 heterocycles. The number of rotatable bonds is 11. The molecule has 3 aliphatic rings. The molecule has 0 unspecified atom stereocenters. The first-order valence-electron chi connectivity index (χ1n) is 14.7. The highest BCUT2D eigenvalue weighted by molar-refractivity contribution is 7.93. The Labute approximate surface area is 252 Å². The molecule has 12 heteroatoms. The summed E-state index contributed by atoms with van der Waals surface area (Å²) in [6.45, 7) is 1.07. The van der Waals surface area contributed by atoms with E-state index in [-0.39, 0.29) is 24.1 Å². The van der Waals surface area contributed by atoms with Crippen LogP contribution in [0.4, 0.5) is 0 Å². The van der Waals surface area contributed by atoms with Gasteiger partial charge < -0.3 is 25.0 Å². The van der Waals surface area contributed by atoms with E-state index in [1.165, 1.54) is 12.1 Å². The quantitative estimate of drug-likeness (QED) is 0.291. The number of sulfonamides is 1. The molecule has 3 N–H and O–H groups in total. The first kappa shape index (κ1) is 30.4. The number of hydrogen-bond donors (Lipinski definition) is 3. The van der Waals surface area contributed by atoms with Gasteiger partial charge in [0.25, 0.3) is 0 Å². The summed E-state index contributed by atoms with van der Waals surface area (Å²) in [5.74, 6) is 0.336. The van der Waals surface area contributed by atoms with Gasteiger partial charge in [0.05, 0.1) is 33.4 Å². The van der Waals surface area contributed by atoms with Crippen molar-refractivity contribution in [3.05, 3.63) is 66.7 Å². The van der Waals surface area contributed by atoms with Gasteiger partial charge >= 0.3 is 0 Å². The average molecular weight is 631 g/mol. The third kappa shape index (κ3) is 6.06. The Bertz CT molecular complexity index is 1680. The maximum atomic E-state index is 13.4. The van der Waals surface area contributed by atoms with Gasteiger partial charge in [-0.1, -0.05) is 36.4 Å². The zero-order chi connectivity index (χ0) is 30.3. The van der Waals surface area contributed by atoms with Crippen LogP contribution >= 0.6 is 0 Å². The Kier molecular flexibility index (Phi) is 8.31. The van der Waals surface area contributed by atoms with E-state index in [1.54, 1.807) is 28.6 Å². The van der Waals surface area contributed by atoms with Gasteiger partial charge in [0.1, 0.15) is 18.5 Å². The molecule has 1 spiro atoms. The van der Waals surface area contributed by atoms with Crippen LogP contribution in [0.3, 0.4) is 0 Å². The molecule has 232 valence electrons. The molecule has 0 aromatic heterocycles. The summed E-state index contributed by atoms with van der Waals surface area (Å²) < 4.78 is 64.8. The number of hydrogen-bond acceptors (Lipinski definition) is 9. The van der Waals surface area contributed by atoms with Gasteiger partial charge in [-0.25, -0.2) is 16.8 Å². The number of sulfone groups is 1. The van der Waals surface area contributed by atoms with Gasteiger partial charge in [-0.3, -0.25) is 0 Å². The molecule has 0 radical (unpaired) electrons. The number of fused-ring (bicyclic) bond motifs is 1. The lowest BCUT2D eigenvalue weighted by Gasteiger charge is -2.38. The Morgan fingerprint density at radius 1 is 0.930 bits per heavy atom. The third-order valence-corrected chi connectivity index (χ3v) is 13.5. The molecule has 43 heavy (non-hydrogen) atoms. The molecule has 6 rings (SSSR count). The van der Waals surface area contributed by atoms with Crippen LogP contribution in [0.1, 0.15) is 32.1 Å². The van der Waals surface area contributed by atoms with Crippen molar-refractivity contribution in [3.8, 4) is 5.75 Å². The highest BCUT2D eigenvalue weighted by Crippen LogP contribution is 2.46. The highest BCUT2D eigenvalue weighted by atomic mass is 32.2. The second-order valence-electron chi connectivity index (χ2n) is 12.0. The van der Waals surface area contributed by atoms with Crippen molar-refractivity contribution in [1.82, 2.24) is 9.62 Å². The molecule has 1 saturated carbocycles. The number of aliphatic hydroxyl groups is 2. The molecule has 3 aromatic carbocycles. The van der Waals surface area contributed by atoms with E-state index in [4.69, 9.17) is 9.47 Å². The molecular formula is C31H38N2O8S2. The number of nitrogens with zero attached hydrogens (tertiary/aromatic N) is 1. The third-order valence-electron chi connectivity index (χ3n) is 9.07. The standard InChI is InChI=1S/C31H38N2O8S2/c34-22-31(10-11-31)42(36,37)28-7-3-6-27(17-28)40-21-26(35)19-32-25-18-30(41-20-25)12-14-33(15-13-30)43(38,39)29-9-8-23-4-1-2-5-24(23)16-29/h1-9,16-17,25-26,32,34-35H,10-15,18-22H2/t25-,26+/m1/s1. The SMILES string of the molecule is O=S(=O)(c1ccc2ccccc2c1)N1CCC2(CC1)C[C@@H](NC[C@H](O)COc1cccc(S(=O)(=O)C3(CO)CC3)c1)CO2. The Morgan fingerprint density at radius 3 is 2.40 bits per heavy atom. The molecular weight excluding hydrogens is 592 g/mol. The number of nitrogens with one attached hydrogen (secondary N) is 1. The van der Waals surface area contributed by atoms with Crippen molar-refractivity contribution in [2.75, 3.05) is 39.5 Å². The minimum absolute atomic E-state index is 0.0139.